The number of rotatable bonds is 5. The number of amides is 1. The summed E-state index contributed by atoms with van der Waals surface area (Å²) in [6.07, 6.45) is 4.64. The molecule has 1 aromatic rings. The van der Waals surface area contributed by atoms with E-state index in [2.05, 4.69) is 20.7 Å². The first kappa shape index (κ1) is 16.6. The highest BCUT2D eigenvalue weighted by Gasteiger charge is 2.30. The fourth-order valence-corrected chi connectivity index (χ4v) is 3.78. The molecule has 0 aliphatic carbocycles. The number of carbonyl (C=O) groups excluding carboxylic acids is 1. The van der Waals surface area contributed by atoms with Crippen LogP contribution in [-0.2, 0) is 14.8 Å². The van der Waals surface area contributed by atoms with Gasteiger partial charge in [0.15, 0.2) is 5.37 Å². The summed E-state index contributed by atoms with van der Waals surface area (Å²) in [5.74, 6) is -0.609. The van der Waals surface area contributed by atoms with E-state index in [1.165, 1.54) is 17.2 Å². The summed E-state index contributed by atoms with van der Waals surface area (Å²) in [5.41, 5.74) is 6.67. The lowest BCUT2D eigenvalue weighted by atomic mass is 10.2. The summed E-state index contributed by atoms with van der Waals surface area (Å²) in [7, 11) is -3.75. The third-order valence-electron chi connectivity index (χ3n) is 3.00. The van der Waals surface area contributed by atoms with E-state index >= 15 is 0 Å². The van der Waals surface area contributed by atoms with Gasteiger partial charge in [-0.3, -0.25) is 9.52 Å². The molecule has 1 unspecified atom stereocenters. The summed E-state index contributed by atoms with van der Waals surface area (Å²) in [4.78, 5) is 12.5. The fourth-order valence-electron chi connectivity index (χ4n) is 2.00. The van der Waals surface area contributed by atoms with Gasteiger partial charge in [0.25, 0.3) is 10.0 Å². The third-order valence-corrected chi connectivity index (χ3v) is 5.06. The number of nitrogens with zero attached hydrogens (tertiary/aromatic N) is 1. The van der Waals surface area contributed by atoms with E-state index in [9.17, 15) is 13.2 Å². The van der Waals surface area contributed by atoms with Gasteiger partial charge in [-0.05, 0) is 47.1 Å². The van der Waals surface area contributed by atoms with E-state index in [1.54, 1.807) is 18.2 Å². The summed E-state index contributed by atoms with van der Waals surface area (Å²) in [5, 5.41) is -1.01. The van der Waals surface area contributed by atoms with Crippen LogP contribution in [0.2, 0.25) is 0 Å². The predicted octanol–water partition coefficient (Wildman–Crippen LogP) is 1.66. The van der Waals surface area contributed by atoms with Crippen molar-refractivity contribution in [2.24, 2.45) is 5.73 Å². The first-order valence-electron chi connectivity index (χ1n) is 6.46. The highest BCUT2D eigenvalue weighted by Crippen LogP contribution is 2.23. The number of carbonyl (C=O) groups is 1. The maximum Gasteiger partial charge on any atom is 0.257 e. The highest BCUT2D eigenvalue weighted by atomic mass is 79.9. The minimum atomic E-state index is -3.75. The number of benzene rings is 1. The van der Waals surface area contributed by atoms with E-state index in [-0.39, 0.29) is 6.54 Å². The Morgan fingerprint density at radius 3 is 2.59 bits per heavy atom. The molecule has 0 radical (unpaired) electrons. The summed E-state index contributed by atoms with van der Waals surface area (Å²) < 4.78 is 28.3. The number of aryl methyl sites for hydroxylation is 1. The van der Waals surface area contributed by atoms with Crippen LogP contribution in [0.15, 0.2) is 47.1 Å². The van der Waals surface area contributed by atoms with Gasteiger partial charge >= 0.3 is 0 Å². The molecule has 0 saturated carbocycles. The minimum Gasteiger partial charge on any atom is -0.368 e. The molecule has 0 fully saturated rings. The maximum atomic E-state index is 12.5. The summed E-state index contributed by atoms with van der Waals surface area (Å²) >= 11 is 3.25. The smallest absolute Gasteiger partial charge is 0.257 e. The fraction of sp³-hybridized carbons (Fsp3) is 0.214. The van der Waals surface area contributed by atoms with Crippen molar-refractivity contribution >= 4 is 37.5 Å². The van der Waals surface area contributed by atoms with Gasteiger partial charge in [-0.2, -0.15) is 0 Å². The Labute approximate surface area is 137 Å². The van der Waals surface area contributed by atoms with E-state index in [0.717, 1.165) is 5.56 Å². The highest BCUT2D eigenvalue weighted by molar-refractivity contribution is 9.11. The molecule has 1 aliphatic heterocycles. The lowest BCUT2D eigenvalue weighted by Gasteiger charge is -2.29. The predicted molar refractivity (Wildman–Crippen MR) is 89.6 cm³/mol. The normalized spacial score (nSPS) is 18.0. The van der Waals surface area contributed by atoms with E-state index in [0.29, 0.717) is 10.2 Å². The number of nitrogens with two attached hydrogens (primary N) is 1. The lowest BCUT2D eigenvalue weighted by Crippen LogP contribution is -2.44. The molecule has 8 heteroatoms. The van der Waals surface area contributed by atoms with Gasteiger partial charge < -0.3 is 10.6 Å². The topological polar surface area (TPSA) is 92.5 Å². The molecular formula is C14H16BrN3O3S. The molecule has 118 valence electrons. The van der Waals surface area contributed by atoms with E-state index < -0.39 is 21.3 Å². The second kappa shape index (κ2) is 6.53. The molecule has 1 heterocycles. The van der Waals surface area contributed by atoms with Crippen molar-refractivity contribution in [3.8, 4) is 0 Å². The molecule has 2 rings (SSSR count). The lowest BCUT2D eigenvalue weighted by molar-refractivity contribution is -0.118. The molecule has 1 aromatic carbocycles. The van der Waals surface area contributed by atoms with Gasteiger partial charge in [-0.1, -0.05) is 17.7 Å². The number of hydrogen-bond donors (Lipinski definition) is 2. The van der Waals surface area contributed by atoms with E-state index in [4.69, 9.17) is 5.73 Å². The standard InChI is InChI=1S/C14H16BrN3O3S/c1-10-2-5-12(6-3-10)17-22(20,21)14-7-4-11(15)8-18(14)9-13(16)19/h2-8,14,17H,9H2,1H3,(H2,16,19). The number of anilines is 1. The Morgan fingerprint density at radius 1 is 1.36 bits per heavy atom. The average Bonchev–Trinajstić information content (AvgIpc) is 2.40. The van der Waals surface area contributed by atoms with Crippen LogP contribution in [0.5, 0.6) is 0 Å². The van der Waals surface area contributed by atoms with Crippen molar-refractivity contribution in [3.63, 3.8) is 0 Å². The Kier molecular flexibility index (Phi) is 4.92. The molecule has 0 saturated heterocycles. The SMILES string of the molecule is Cc1ccc(NS(=O)(=O)C2C=CC(Br)=CN2CC(N)=O)cc1. The van der Waals surface area contributed by atoms with E-state index in [1.807, 2.05) is 19.1 Å². The Hall–Kier alpha value is -1.80. The molecule has 22 heavy (non-hydrogen) atoms. The van der Waals surface area contributed by atoms with Gasteiger partial charge in [-0.25, -0.2) is 8.42 Å². The molecule has 1 amide bonds. The minimum absolute atomic E-state index is 0.196. The van der Waals surface area contributed by atoms with Crippen molar-refractivity contribution in [2.45, 2.75) is 12.3 Å². The number of hydrogen-bond acceptors (Lipinski definition) is 4. The van der Waals surface area contributed by atoms with Crippen LogP contribution in [0.3, 0.4) is 0 Å². The molecule has 3 N–H and O–H groups in total. The number of nitrogens with one attached hydrogen (secondary N) is 1. The van der Waals surface area contributed by atoms with Crippen LogP contribution in [0.4, 0.5) is 5.69 Å². The Morgan fingerprint density at radius 2 is 2.00 bits per heavy atom. The molecule has 1 aliphatic rings. The van der Waals surface area contributed by atoms with Crippen LogP contribution >= 0.6 is 15.9 Å². The second-order valence-electron chi connectivity index (χ2n) is 4.92. The van der Waals surface area contributed by atoms with Crippen molar-refractivity contribution in [1.29, 1.82) is 0 Å². The van der Waals surface area contributed by atoms with Crippen LogP contribution in [0, 0.1) is 6.92 Å². The number of halogens is 1. The quantitative estimate of drug-likeness (QED) is 0.805. The number of allylic oxidation sites excluding steroid dienone is 2. The second-order valence-corrected chi connectivity index (χ2v) is 7.61. The Balaban J connectivity index is 2.24. The van der Waals surface area contributed by atoms with Crippen LogP contribution in [0.25, 0.3) is 0 Å². The molecule has 0 aromatic heterocycles. The van der Waals surface area contributed by atoms with Crippen molar-refractivity contribution in [3.05, 3.63) is 52.7 Å². The van der Waals surface area contributed by atoms with Crippen molar-refractivity contribution in [1.82, 2.24) is 4.90 Å². The monoisotopic (exact) mass is 385 g/mol. The molecule has 1 atom stereocenters. The summed E-state index contributed by atoms with van der Waals surface area (Å²) in [6, 6.07) is 6.99. The third kappa shape index (κ3) is 4.11. The molecule has 0 bridgehead atoms. The number of sulfonamides is 1. The zero-order valence-corrected chi connectivity index (χ0v) is 14.3. The van der Waals surface area contributed by atoms with Crippen LogP contribution in [-0.4, -0.2) is 31.1 Å². The van der Waals surface area contributed by atoms with Gasteiger partial charge in [0, 0.05) is 16.4 Å². The van der Waals surface area contributed by atoms with Gasteiger partial charge in [-0.15, -0.1) is 0 Å². The van der Waals surface area contributed by atoms with Gasteiger partial charge in [0.2, 0.25) is 5.91 Å². The molecule has 0 spiro atoms. The average molecular weight is 386 g/mol. The first-order chi connectivity index (χ1) is 10.3. The van der Waals surface area contributed by atoms with Crippen molar-refractivity contribution in [2.75, 3.05) is 11.3 Å². The maximum absolute atomic E-state index is 12.5. The zero-order chi connectivity index (χ0) is 16.3. The Bertz CT molecular complexity index is 726. The number of primary amides is 1. The zero-order valence-electron chi connectivity index (χ0n) is 11.9. The van der Waals surface area contributed by atoms with Crippen LogP contribution in [0.1, 0.15) is 5.56 Å². The largest absolute Gasteiger partial charge is 0.368 e. The molecular weight excluding hydrogens is 370 g/mol. The molecule has 6 nitrogen and oxygen atoms in total. The summed E-state index contributed by atoms with van der Waals surface area (Å²) in [6.45, 7) is 1.72. The van der Waals surface area contributed by atoms with Crippen LogP contribution < -0.4 is 10.5 Å². The van der Waals surface area contributed by atoms with Gasteiger partial charge in [0.05, 0.1) is 6.54 Å². The van der Waals surface area contributed by atoms with Gasteiger partial charge in [0.1, 0.15) is 0 Å². The van der Waals surface area contributed by atoms with Crippen molar-refractivity contribution < 1.29 is 13.2 Å². The first-order valence-corrected chi connectivity index (χ1v) is 8.80.